The van der Waals surface area contributed by atoms with E-state index in [-0.39, 0.29) is 17.2 Å². The molecule has 9 heteroatoms. The van der Waals surface area contributed by atoms with Crippen LogP contribution in [0.2, 0.25) is 0 Å². The highest BCUT2D eigenvalue weighted by Gasteiger charge is 2.17. The summed E-state index contributed by atoms with van der Waals surface area (Å²) in [7, 11) is -3.92. The Morgan fingerprint density at radius 1 is 0.972 bits per heavy atom. The smallest absolute Gasteiger partial charge is 0.328 e. The van der Waals surface area contributed by atoms with Crippen molar-refractivity contribution in [1.29, 1.82) is 0 Å². The Kier molecular flexibility index (Phi) is 7.21. The van der Waals surface area contributed by atoms with Gasteiger partial charge in [-0.3, -0.25) is 9.36 Å². The third-order valence-corrected chi connectivity index (χ3v) is 7.25. The van der Waals surface area contributed by atoms with Crippen LogP contribution in [-0.4, -0.2) is 36.3 Å². The summed E-state index contributed by atoms with van der Waals surface area (Å²) in [5, 5.41) is 2.60. The Hall–Kier alpha value is -3.98. The predicted octanol–water partition coefficient (Wildman–Crippen LogP) is 4.33. The van der Waals surface area contributed by atoms with E-state index >= 15 is 0 Å². The van der Waals surface area contributed by atoms with E-state index < -0.39 is 16.1 Å². The lowest BCUT2D eigenvalue weighted by Gasteiger charge is -2.11. The minimum Gasteiger partial charge on any atom is -0.337 e. The maximum atomic E-state index is 12.3. The van der Waals surface area contributed by atoms with E-state index in [0.717, 1.165) is 40.1 Å². The molecule has 0 saturated carbocycles. The lowest BCUT2D eigenvalue weighted by Crippen LogP contribution is -2.40. The van der Waals surface area contributed by atoms with Gasteiger partial charge in [0.15, 0.2) is 5.78 Å². The van der Waals surface area contributed by atoms with Crippen molar-refractivity contribution in [1.82, 2.24) is 19.6 Å². The van der Waals surface area contributed by atoms with Crippen LogP contribution in [0.4, 0.5) is 4.79 Å². The Bertz CT molecular complexity index is 1520. The maximum Gasteiger partial charge on any atom is 0.328 e. The molecule has 0 aliphatic carbocycles. The fraction of sp³-hybridized carbons (Fsp3) is 0.222. The Morgan fingerprint density at radius 2 is 1.67 bits per heavy atom. The van der Waals surface area contributed by atoms with Crippen molar-refractivity contribution in [3.63, 3.8) is 0 Å². The van der Waals surface area contributed by atoms with Gasteiger partial charge in [-0.25, -0.2) is 22.9 Å². The average molecular weight is 505 g/mol. The minimum atomic E-state index is -3.92. The number of hydrogen-bond donors (Lipinski definition) is 2. The molecule has 2 N–H and O–H groups in total. The second kappa shape index (κ2) is 10.3. The summed E-state index contributed by atoms with van der Waals surface area (Å²) in [4.78, 5) is 28.6. The Balaban J connectivity index is 1.40. The van der Waals surface area contributed by atoms with Crippen molar-refractivity contribution in [2.45, 2.75) is 38.5 Å². The van der Waals surface area contributed by atoms with E-state index in [1.807, 2.05) is 61.0 Å². The molecule has 186 valence electrons. The molecule has 8 nitrogen and oxygen atoms in total. The number of nitrogens with zero attached hydrogens (tertiary/aromatic N) is 2. The zero-order chi connectivity index (χ0) is 25.9. The van der Waals surface area contributed by atoms with Gasteiger partial charge in [0.05, 0.1) is 15.9 Å². The van der Waals surface area contributed by atoms with Crippen molar-refractivity contribution in [2.75, 3.05) is 6.54 Å². The molecule has 0 aliphatic rings. The van der Waals surface area contributed by atoms with Gasteiger partial charge in [-0.1, -0.05) is 36.8 Å². The molecule has 0 fully saturated rings. The number of urea groups is 1. The summed E-state index contributed by atoms with van der Waals surface area (Å²) in [5.74, 6) is 0.899. The van der Waals surface area contributed by atoms with Crippen LogP contribution in [0.5, 0.6) is 0 Å². The normalized spacial score (nSPS) is 11.4. The minimum absolute atomic E-state index is 0.00360. The summed E-state index contributed by atoms with van der Waals surface area (Å²) < 4.78 is 28.8. The first kappa shape index (κ1) is 25.1. The highest BCUT2D eigenvalue weighted by atomic mass is 32.2. The number of benzene rings is 3. The van der Waals surface area contributed by atoms with Gasteiger partial charge in [0.1, 0.15) is 5.82 Å². The number of rotatable bonds is 8. The molecule has 0 spiro atoms. The van der Waals surface area contributed by atoms with Gasteiger partial charge in [-0.05, 0) is 68.3 Å². The summed E-state index contributed by atoms with van der Waals surface area (Å²) in [6.07, 6.45) is 1.27. The standard InChI is InChI=1S/C27H28N4O4S/c1-4-26-29-24-17-21(19(3)32)9-14-25(24)31(26)22-10-7-20(8-11-22)15-16-28-27(33)30-36(34,35)23-12-5-18(2)6-13-23/h5-14,17H,4,15-16H2,1-3H3,(H2,28,30,33). The van der Waals surface area contributed by atoms with Crippen LogP contribution in [0.3, 0.4) is 0 Å². The van der Waals surface area contributed by atoms with Crippen molar-refractivity contribution < 1.29 is 18.0 Å². The van der Waals surface area contributed by atoms with E-state index in [0.29, 0.717) is 12.0 Å². The molecule has 4 aromatic rings. The number of carbonyl (C=O) groups is 2. The molecule has 0 aliphatic heterocycles. The van der Waals surface area contributed by atoms with Crippen LogP contribution < -0.4 is 10.0 Å². The molecule has 1 aromatic heterocycles. The van der Waals surface area contributed by atoms with Crippen molar-refractivity contribution in [3.8, 4) is 5.69 Å². The van der Waals surface area contributed by atoms with Crippen molar-refractivity contribution >= 4 is 32.9 Å². The number of ketones is 1. The first-order chi connectivity index (χ1) is 17.2. The summed E-state index contributed by atoms with van der Waals surface area (Å²) in [6.45, 7) is 5.71. The number of Topliss-reactive ketones (excluding diaryl/α,β-unsaturated/α-hetero) is 1. The molecular formula is C27H28N4O4S. The molecule has 36 heavy (non-hydrogen) atoms. The van der Waals surface area contributed by atoms with Crippen LogP contribution >= 0.6 is 0 Å². The highest BCUT2D eigenvalue weighted by molar-refractivity contribution is 7.90. The third-order valence-electron chi connectivity index (χ3n) is 5.90. The molecule has 0 unspecified atom stereocenters. The Labute approximate surface area is 210 Å². The molecule has 4 rings (SSSR count). The second-order valence-electron chi connectivity index (χ2n) is 8.57. The van der Waals surface area contributed by atoms with E-state index in [4.69, 9.17) is 4.98 Å². The number of carbonyl (C=O) groups excluding carboxylic acids is 2. The van der Waals surface area contributed by atoms with Gasteiger partial charge < -0.3 is 5.32 Å². The fourth-order valence-electron chi connectivity index (χ4n) is 3.94. The van der Waals surface area contributed by atoms with Crippen LogP contribution in [-0.2, 0) is 22.9 Å². The summed E-state index contributed by atoms with van der Waals surface area (Å²) in [5.41, 5.74) is 5.20. The predicted molar refractivity (Wildman–Crippen MR) is 139 cm³/mol. The van der Waals surface area contributed by atoms with Gasteiger partial charge in [0.2, 0.25) is 0 Å². The number of aromatic nitrogens is 2. The van der Waals surface area contributed by atoms with Crippen LogP contribution in [0.25, 0.3) is 16.7 Å². The van der Waals surface area contributed by atoms with Gasteiger partial charge in [0.25, 0.3) is 10.0 Å². The largest absolute Gasteiger partial charge is 0.337 e. The zero-order valence-electron chi connectivity index (χ0n) is 20.4. The van der Waals surface area contributed by atoms with Gasteiger partial charge in [0, 0.05) is 24.2 Å². The topological polar surface area (TPSA) is 110 Å². The van der Waals surface area contributed by atoms with E-state index in [9.17, 15) is 18.0 Å². The number of imidazole rings is 1. The molecular weight excluding hydrogens is 476 g/mol. The first-order valence-electron chi connectivity index (χ1n) is 11.7. The summed E-state index contributed by atoms with van der Waals surface area (Å²) >= 11 is 0. The number of hydrogen-bond acceptors (Lipinski definition) is 5. The van der Waals surface area contributed by atoms with E-state index in [1.165, 1.54) is 12.1 Å². The van der Waals surface area contributed by atoms with Crippen LogP contribution in [0, 0.1) is 6.92 Å². The van der Waals surface area contributed by atoms with Crippen molar-refractivity contribution in [3.05, 3.63) is 89.2 Å². The number of sulfonamides is 1. The number of fused-ring (bicyclic) bond motifs is 1. The molecule has 2 amide bonds. The first-order valence-corrected chi connectivity index (χ1v) is 13.1. The SMILES string of the molecule is CCc1nc2cc(C(C)=O)ccc2n1-c1ccc(CCNC(=O)NS(=O)(=O)c2ccc(C)cc2)cc1. The van der Waals surface area contributed by atoms with Gasteiger partial charge in [-0.2, -0.15) is 0 Å². The monoisotopic (exact) mass is 504 g/mol. The molecule has 3 aromatic carbocycles. The molecule has 0 atom stereocenters. The van der Waals surface area contributed by atoms with Gasteiger partial charge >= 0.3 is 6.03 Å². The quantitative estimate of drug-likeness (QED) is 0.347. The van der Waals surface area contributed by atoms with Gasteiger partial charge in [-0.15, -0.1) is 0 Å². The van der Waals surface area contributed by atoms with Crippen molar-refractivity contribution in [2.24, 2.45) is 0 Å². The van der Waals surface area contributed by atoms with Crippen LogP contribution in [0.1, 0.15) is 41.2 Å². The highest BCUT2D eigenvalue weighted by Crippen LogP contribution is 2.24. The molecule has 0 bridgehead atoms. The zero-order valence-corrected chi connectivity index (χ0v) is 21.2. The summed E-state index contributed by atoms with van der Waals surface area (Å²) in [6, 6.07) is 18.9. The average Bonchev–Trinajstić information content (AvgIpc) is 3.22. The second-order valence-corrected chi connectivity index (χ2v) is 10.2. The number of aryl methyl sites for hydroxylation is 2. The molecule has 0 radical (unpaired) electrons. The molecule has 0 saturated heterocycles. The van der Waals surface area contributed by atoms with Crippen LogP contribution in [0.15, 0.2) is 71.6 Å². The fourth-order valence-corrected chi connectivity index (χ4v) is 4.87. The lowest BCUT2D eigenvalue weighted by molar-refractivity contribution is 0.101. The number of amides is 2. The van der Waals surface area contributed by atoms with E-state index in [2.05, 4.69) is 9.88 Å². The van der Waals surface area contributed by atoms with E-state index in [1.54, 1.807) is 19.1 Å². The number of nitrogens with one attached hydrogen (secondary N) is 2. The lowest BCUT2D eigenvalue weighted by atomic mass is 10.1. The maximum absolute atomic E-state index is 12.3. The third kappa shape index (κ3) is 5.46. The Morgan fingerprint density at radius 3 is 2.31 bits per heavy atom. The molecule has 1 heterocycles.